The van der Waals surface area contributed by atoms with Crippen molar-refractivity contribution in [1.82, 2.24) is 9.78 Å². The first-order valence-corrected chi connectivity index (χ1v) is 6.03. The highest BCUT2D eigenvalue weighted by molar-refractivity contribution is 5.90. The minimum atomic E-state index is -1.27. The Hall–Kier alpha value is -2.17. The Morgan fingerprint density at radius 2 is 2.11 bits per heavy atom. The summed E-state index contributed by atoms with van der Waals surface area (Å²) in [5, 5.41) is 13.3. The van der Waals surface area contributed by atoms with Gasteiger partial charge in [-0.1, -0.05) is 6.07 Å². The van der Waals surface area contributed by atoms with Crippen LogP contribution in [0.15, 0.2) is 18.2 Å². The zero-order valence-corrected chi connectivity index (χ0v) is 11.1. The number of aromatic carboxylic acids is 1. The van der Waals surface area contributed by atoms with E-state index in [2.05, 4.69) is 5.10 Å². The van der Waals surface area contributed by atoms with Crippen molar-refractivity contribution in [2.45, 2.75) is 27.3 Å². The third-order valence-electron chi connectivity index (χ3n) is 3.17. The average molecular weight is 262 g/mol. The molecule has 0 amide bonds. The molecule has 4 nitrogen and oxygen atoms in total. The number of carbonyl (C=O) groups is 1. The summed E-state index contributed by atoms with van der Waals surface area (Å²) in [6.45, 7) is 6.50. The molecule has 0 atom stereocenters. The minimum absolute atomic E-state index is 0.319. The number of rotatable bonds is 3. The summed E-state index contributed by atoms with van der Waals surface area (Å²) >= 11 is 0. The van der Waals surface area contributed by atoms with Crippen molar-refractivity contribution < 1.29 is 14.3 Å². The summed E-state index contributed by atoms with van der Waals surface area (Å²) in [6, 6.07) is 4.12. The molecule has 1 heterocycles. The predicted molar refractivity (Wildman–Crippen MR) is 69.7 cm³/mol. The maximum Gasteiger partial charge on any atom is 0.338 e. The van der Waals surface area contributed by atoms with Crippen LogP contribution in [-0.4, -0.2) is 20.9 Å². The molecule has 2 rings (SSSR count). The molecule has 0 aliphatic heterocycles. The average Bonchev–Trinajstić information content (AvgIpc) is 2.65. The van der Waals surface area contributed by atoms with Crippen molar-refractivity contribution in [3.8, 4) is 11.1 Å². The van der Waals surface area contributed by atoms with Gasteiger partial charge in [-0.2, -0.15) is 5.10 Å². The first-order valence-electron chi connectivity index (χ1n) is 6.03. The molecule has 0 fully saturated rings. The smallest absolute Gasteiger partial charge is 0.338 e. The van der Waals surface area contributed by atoms with Crippen LogP contribution in [0.25, 0.3) is 11.1 Å². The van der Waals surface area contributed by atoms with Gasteiger partial charge in [-0.15, -0.1) is 0 Å². The van der Waals surface area contributed by atoms with Crippen LogP contribution in [0.5, 0.6) is 0 Å². The third kappa shape index (κ3) is 2.23. The van der Waals surface area contributed by atoms with Gasteiger partial charge in [0.15, 0.2) is 0 Å². The quantitative estimate of drug-likeness (QED) is 0.925. The lowest BCUT2D eigenvalue weighted by Gasteiger charge is -2.05. The Morgan fingerprint density at radius 3 is 2.63 bits per heavy atom. The van der Waals surface area contributed by atoms with E-state index in [1.807, 2.05) is 25.5 Å². The molecule has 100 valence electrons. The van der Waals surface area contributed by atoms with Gasteiger partial charge < -0.3 is 5.11 Å². The molecule has 19 heavy (non-hydrogen) atoms. The number of carboxylic acids is 1. The van der Waals surface area contributed by atoms with Crippen molar-refractivity contribution in [1.29, 1.82) is 0 Å². The van der Waals surface area contributed by atoms with Gasteiger partial charge in [-0.05, 0) is 38.5 Å². The van der Waals surface area contributed by atoms with Gasteiger partial charge >= 0.3 is 5.97 Å². The zero-order valence-electron chi connectivity index (χ0n) is 11.1. The summed E-state index contributed by atoms with van der Waals surface area (Å²) < 4.78 is 15.2. The lowest BCUT2D eigenvalue weighted by Crippen LogP contribution is -2.01. The normalized spacial score (nSPS) is 10.7. The van der Waals surface area contributed by atoms with Gasteiger partial charge in [0.25, 0.3) is 0 Å². The van der Waals surface area contributed by atoms with E-state index < -0.39 is 11.8 Å². The largest absolute Gasteiger partial charge is 0.478 e. The van der Waals surface area contributed by atoms with Crippen LogP contribution < -0.4 is 0 Å². The van der Waals surface area contributed by atoms with Gasteiger partial charge in [0, 0.05) is 17.8 Å². The first-order chi connectivity index (χ1) is 8.95. The van der Waals surface area contributed by atoms with Crippen LogP contribution in [0.1, 0.15) is 28.7 Å². The second-order valence-electron chi connectivity index (χ2n) is 4.36. The number of aryl methyl sites for hydroxylation is 2. The van der Waals surface area contributed by atoms with Gasteiger partial charge in [-0.3, -0.25) is 4.68 Å². The Bertz CT molecular complexity index is 647. The molecule has 1 aromatic carbocycles. The highest BCUT2D eigenvalue weighted by Gasteiger charge is 2.16. The molecule has 0 radical (unpaired) electrons. The van der Waals surface area contributed by atoms with E-state index in [1.54, 1.807) is 6.07 Å². The molecule has 1 aromatic heterocycles. The zero-order chi connectivity index (χ0) is 14.2. The fraction of sp³-hybridized carbons (Fsp3) is 0.286. The van der Waals surface area contributed by atoms with Crippen LogP contribution in [0.2, 0.25) is 0 Å². The number of aromatic nitrogens is 2. The third-order valence-corrected chi connectivity index (χ3v) is 3.17. The number of hydrogen-bond acceptors (Lipinski definition) is 2. The van der Waals surface area contributed by atoms with Crippen LogP contribution in [0.4, 0.5) is 4.39 Å². The monoisotopic (exact) mass is 262 g/mol. The standard InChI is InChI=1S/C14H15FN2O2/c1-4-17-9(3)13(8(2)16-17)10-5-6-12(15)11(7-10)14(18)19/h5-7H,4H2,1-3H3,(H,18,19). The molecule has 0 aliphatic carbocycles. The van der Waals surface area contributed by atoms with Gasteiger partial charge in [-0.25, -0.2) is 9.18 Å². The van der Waals surface area contributed by atoms with Crippen molar-refractivity contribution >= 4 is 5.97 Å². The van der Waals surface area contributed by atoms with E-state index >= 15 is 0 Å². The van der Waals surface area contributed by atoms with Gasteiger partial charge in [0.05, 0.1) is 11.3 Å². The minimum Gasteiger partial charge on any atom is -0.478 e. The second kappa shape index (κ2) is 4.84. The van der Waals surface area contributed by atoms with Crippen molar-refractivity contribution in [2.75, 3.05) is 0 Å². The van der Waals surface area contributed by atoms with Crippen molar-refractivity contribution in [3.05, 3.63) is 41.0 Å². The lowest BCUT2D eigenvalue weighted by atomic mass is 10.0. The molecule has 0 aliphatic rings. The SMILES string of the molecule is CCn1nc(C)c(-c2ccc(F)c(C(=O)O)c2)c1C. The number of benzene rings is 1. The highest BCUT2D eigenvalue weighted by atomic mass is 19.1. The summed E-state index contributed by atoms with van der Waals surface area (Å²) in [5.74, 6) is -1.99. The maximum atomic E-state index is 13.4. The Kier molecular flexibility index (Phi) is 3.38. The molecule has 5 heteroatoms. The van der Waals surface area contributed by atoms with Crippen LogP contribution in [0.3, 0.4) is 0 Å². The Balaban J connectivity index is 2.63. The molecule has 0 saturated carbocycles. The number of hydrogen-bond donors (Lipinski definition) is 1. The summed E-state index contributed by atoms with van der Waals surface area (Å²) in [7, 11) is 0. The number of carboxylic acid groups (broad SMARTS) is 1. The Labute approximate surface area is 110 Å². The molecule has 0 spiro atoms. The number of nitrogens with zero attached hydrogens (tertiary/aromatic N) is 2. The molecular formula is C14H15FN2O2. The Morgan fingerprint density at radius 1 is 1.42 bits per heavy atom. The van der Waals surface area contributed by atoms with Crippen LogP contribution in [0, 0.1) is 19.7 Å². The van der Waals surface area contributed by atoms with E-state index in [1.165, 1.54) is 12.1 Å². The predicted octanol–water partition coefficient (Wildman–Crippen LogP) is 3.02. The summed E-state index contributed by atoms with van der Waals surface area (Å²) in [5.41, 5.74) is 2.98. The van der Waals surface area contributed by atoms with Crippen molar-refractivity contribution in [2.24, 2.45) is 0 Å². The van der Waals surface area contributed by atoms with Crippen molar-refractivity contribution in [3.63, 3.8) is 0 Å². The highest BCUT2D eigenvalue weighted by Crippen LogP contribution is 2.28. The van der Waals surface area contributed by atoms with E-state index in [9.17, 15) is 9.18 Å². The summed E-state index contributed by atoms with van der Waals surface area (Å²) in [4.78, 5) is 11.0. The van der Waals surface area contributed by atoms with Gasteiger partial charge in [0.1, 0.15) is 5.82 Å². The van der Waals surface area contributed by atoms with Gasteiger partial charge in [0.2, 0.25) is 0 Å². The topological polar surface area (TPSA) is 55.1 Å². The number of halogens is 1. The molecule has 2 aromatic rings. The van der Waals surface area contributed by atoms with E-state index in [4.69, 9.17) is 5.11 Å². The first kappa shape index (κ1) is 13.3. The molecule has 0 unspecified atom stereocenters. The van der Waals surface area contributed by atoms with E-state index in [0.717, 1.165) is 23.5 Å². The van der Waals surface area contributed by atoms with E-state index in [-0.39, 0.29) is 5.56 Å². The maximum absolute atomic E-state index is 13.4. The molecule has 0 bridgehead atoms. The fourth-order valence-electron chi connectivity index (χ4n) is 2.27. The second-order valence-corrected chi connectivity index (χ2v) is 4.36. The lowest BCUT2D eigenvalue weighted by molar-refractivity contribution is 0.0692. The molecular weight excluding hydrogens is 247 g/mol. The molecule has 1 N–H and O–H groups in total. The van der Waals surface area contributed by atoms with Crippen LogP contribution >= 0.6 is 0 Å². The van der Waals surface area contributed by atoms with E-state index in [0.29, 0.717) is 5.56 Å². The van der Waals surface area contributed by atoms with Crippen LogP contribution in [-0.2, 0) is 6.54 Å². The fourth-order valence-corrected chi connectivity index (χ4v) is 2.27. The molecule has 0 saturated heterocycles. The summed E-state index contributed by atoms with van der Waals surface area (Å²) in [6.07, 6.45) is 0.